The molecule has 0 unspecified atom stereocenters. The van der Waals surface area contributed by atoms with E-state index in [1.165, 1.54) is 19.2 Å². The molecule has 126 valence electrons. The molecule has 5 rings (SSSR count). The Bertz CT molecular complexity index is 971. The van der Waals surface area contributed by atoms with Crippen LogP contribution in [-0.2, 0) is 6.54 Å². The molecule has 0 bridgehead atoms. The quantitative estimate of drug-likeness (QED) is 0.807. The maximum Gasteiger partial charge on any atom is 0.162 e. The third-order valence-electron chi connectivity index (χ3n) is 4.71. The van der Waals surface area contributed by atoms with Crippen molar-refractivity contribution in [2.75, 3.05) is 0 Å². The fourth-order valence-electron chi connectivity index (χ4n) is 3.10. The predicted octanol–water partition coefficient (Wildman–Crippen LogP) is 0.351. The Kier molecular flexibility index (Phi) is 3.16. The van der Waals surface area contributed by atoms with Crippen LogP contribution in [0.3, 0.4) is 0 Å². The highest BCUT2D eigenvalue weighted by atomic mass is 15.6. The molecule has 8 nitrogen and oxygen atoms in total. The summed E-state index contributed by atoms with van der Waals surface area (Å²) in [5.41, 5.74) is 1.97. The summed E-state index contributed by atoms with van der Waals surface area (Å²) in [4.78, 5) is 15.1. The van der Waals surface area contributed by atoms with Crippen molar-refractivity contribution in [1.29, 1.82) is 0 Å². The average molecular weight is 334 g/mol. The molecule has 0 amide bonds. The van der Waals surface area contributed by atoms with Gasteiger partial charge >= 0.3 is 0 Å². The molecule has 25 heavy (non-hydrogen) atoms. The Morgan fingerprint density at radius 3 is 2.56 bits per heavy atom. The summed E-state index contributed by atoms with van der Waals surface area (Å²) < 4.78 is 0. The van der Waals surface area contributed by atoms with Gasteiger partial charge in [-0.3, -0.25) is 0 Å². The third-order valence-corrected chi connectivity index (χ3v) is 4.71. The second-order valence-electron chi connectivity index (χ2n) is 6.68. The molecule has 1 fully saturated rings. The van der Waals surface area contributed by atoms with Crippen LogP contribution in [0.2, 0.25) is 0 Å². The number of aromatic nitrogens is 4. The minimum absolute atomic E-state index is 0.169. The van der Waals surface area contributed by atoms with Gasteiger partial charge in [0, 0.05) is 28.9 Å². The van der Waals surface area contributed by atoms with E-state index in [9.17, 15) is 0 Å². The Hall–Kier alpha value is -3.03. The molecule has 2 aliphatic heterocycles. The fraction of sp³-hybridized carbons (Fsp3) is 0.353. The lowest BCUT2D eigenvalue weighted by atomic mass is 10.1. The van der Waals surface area contributed by atoms with Gasteiger partial charge in [0.25, 0.3) is 0 Å². The number of nitrogens with zero attached hydrogens (tertiary/aromatic N) is 8. The van der Waals surface area contributed by atoms with Gasteiger partial charge in [0.05, 0.1) is 36.6 Å². The van der Waals surface area contributed by atoms with Crippen LogP contribution in [0.1, 0.15) is 19.8 Å². The Labute approximate surface area is 144 Å². The van der Waals surface area contributed by atoms with Crippen molar-refractivity contribution in [3.05, 3.63) is 28.9 Å². The van der Waals surface area contributed by atoms with E-state index in [1.807, 2.05) is 12.7 Å². The van der Waals surface area contributed by atoms with Crippen LogP contribution in [0.4, 0.5) is 11.4 Å². The van der Waals surface area contributed by atoms with E-state index >= 15 is 0 Å². The molecule has 0 saturated heterocycles. The van der Waals surface area contributed by atoms with E-state index in [0.717, 1.165) is 21.8 Å². The summed E-state index contributed by atoms with van der Waals surface area (Å²) >= 11 is 0. The molecule has 1 atom stereocenters. The molecule has 1 aromatic carbocycles. The number of rotatable bonds is 4. The van der Waals surface area contributed by atoms with Crippen LogP contribution in [-0.4, -0.2) is 54.8 Å². The molecule has 1 aromatic heterocycles. The number of tetrazole rings is 1. The van der Waals surface area contributed by atoms with Crippen molar-refractivity contribution in [1.82, 2.24) is 30.0 Å². The number of aliphatic imine (C=N–C) groups is 2. The van der Waals surface area contributed by atoms with Crippen LogP contribution in [0, 0.1) is 0 Å². The molecular weight excluding hydrogens is 316 g/mol. The van der Waals surface area contributed by atoms with E-state index in [2.05, 4.69) is 66.7 Å². The Balaban J connectivity index is 1.45. The Morgan fingerprint density at radius 1 is 1.08 bits per heavy atom. The Morgan fingerprint density at radius 2 is 1.84 bits per heavy atom. The second-order valence-corrected chi connectivity index (χ2v) is 6.68. The van der Waals surface area contributed by atoms with Crippen LogP contribution in [0.15, 0.2) is 28.4 Å². The van der Waals surface area contributed by atoms with Crippen LogP contribution >= 0.6 is 0 Å². The van der Waals surface area contributed by atoms with Crippen LogP contribution < -0.4 is 10.4 Å². The molecule has 0 N–H and O–H groups in total. The summed E-state index contributed by atoms with van der Waals surface area (Å²) in [6.07, 6.45) is 12.0. The van der Waals surface area contributed by atoms with Gasteiger partial charge in [0.1, 0.15) is 0 Å². The highest BCUT2D eigenvalue weighted by Gasteiger charge is 2.27. The normalized spacial score (nSPS) is 19.1. The predicted molar refractivity (Wildman–Crippen MR) is 94.9 cm³/mol. The highest BCUT2D eigenvalue weighted by Crippen LogP contribution is 2.27. The molecule has 0 spiro atoms. The van der Waals surface area contributed by atoms with Crippen molar-refractivity contribution < 1.29 is 0 Å². The van der Waals surface area contributed by atoms with E-state index < -0.39 is 0 Å². The highest BCUT2D eigenvalue weighted by molar-refractivity contribution is 5.76. The first-order valence-electron chi connectivity index (χ1n) is 8.48. The molecule has 0 radical (unpaired) electrons. The first-order valence-corrected chi connectivity index (χ1v) is 8.48. The van der Waals surface area contributed by atoms with E-state index in [4.69, 9.17) is 0 Å². The summed E-state index contributed by atoms with van der Waals surface area (Å²) in [7, 11) is 0. The monoisotopic (exact) mass is 334 g/mol. The summed E-state index contributed by atoms with van der Waals surface area (Å²) in [6, 6.07) is 5.02. The van der Waals surface area contributed by atoms with Gasteiger partial charge in [0.15, 0.2) is 6.33 Å². The van der Waals surface area contributed by atoms with E-state index in [1.54, 1.807) is 4.80 Å². The van der Waals surface area contributed by atoms with Crippen molar-refractivity contribution in [2.24, 2.45) is 9.98 Å². The summed E-state index contributed by atoms with van der Waals surface area (Å²) in [5, 5.41) is 13.9. The first kappa shape index (κ1) is 14.3. The van der Waals surface area contributed by atoms with Crippen LogP contribution in [0.25, 0.3) is 12.4 Å². The molecule has 3 heterocycles. The van der Waals surface area contributed by atoms with Crippen molar-refractivity contribution >= 4 is 36.5 Å². The van der Waals surface area contributed by atoms with Gasteiger partial charge in [0.2, 0.25) is 0 Å². The van der Waals surface area contributed by atoms with Crippen LogP contribution in [0.5, 0.6) is 0 Å². The van der Waals surface area contributed by atoms with Gasteiger partial charge in [-0.15, -0.1) is 10.2 Å². The zero-order valence-electron chi connectivity index (χ0n) is 13.9. The summed E-state index contributed by atoms with van der Waals surface area (Å²) in [5.74, 6) is 0. The first-order chi connectivity index (χ1) is 12.3. The average Bonchev–Trinajstić information content (AvgIpc) is 3.36. The smallest absolute Gasteiger partial charge is 0.162 e. The van der Waals surface area contributed by atoms with E-state index in [-0.39, 0.29) is 6.04 Å². The second kappa shape index (κ2) is 5.51. The lowest BCUT2D eigenvalue weighted by molar-refractivity contribution is 0.363. The standard InChI is InChI=1S/C17H18N8/c1-12(6-25-21-9-20-22-25)23-7-13-4-17-14(5-16(13)18-10-23)8-24(11-19-17)15-2-3-15/h4-5,7-12,15H,2-3,6H2,1H3/t12-/m1/s1. The van der Waals surface area contributed by atoms with E-state index in [0.29, 0.717) is 12.6 Å². The molecule has 8 heteroatoms. The number of hydrogen-bond donors (Lipinski definition) is 0. The minimum Gasteiger partial charge on any atom is -0.335 e. The van der Waals surface area contributed by atoms with Gasteiger partial charge in [-0.2, -0.15) is 4.80 Å². The zero-order chi connectivity index (χ0) is 16.8. The molecule has 3 aliphatic rings. The van der Waals surface area contributed by atoms with Crippen molar-refractivity contribution in [3.8, 4) is 0 Å². The van der Waals surface area contributed by atoms with Gasteiger partial charge in [-0.1, -0.05) is 0 Å². The zero-order valence-corrected chi connectivity index (χ0v) is 13.9. The number of benzene rings is 1. The topological polar surface area (TPSA) is 74.8 Å². The molecule has 1 aliphatic carbocycles. The molecular formula is C17H18N8. The lowest BCUT2D eigenvalue weighted by Gasteiger charge is -2.25. The van der Waals surface area contributed by atoms with Crippen molar-refractivity contribution in [3.63, 3.8) is 0 Å². The third kappa shape index (κ3) is 2.69. The van der Waals surface area contributed by atoms with Gasteiger partial charge < -0.3 is 9.80 Å². The van der Waals surface area contributed by atoms with Crippen molar-refractivity contribution in [2.45, 2.75) is 38.4 Å². The SMILES string of the molecule is C[C@H](Cn1ncnn1)N1C=Nc2cc3c(cc2=C1)N=CN(C1CC1)C=3. The largest absolute Gasteiger partial charge is 0.335 e. The molecule has 2 aromatic rings. The minimum atomic E-state index is 0.169. The van der Waals surface area contributed by atoms with Gasteiger partial charge in [-0.25, -0.2) is 9.98 Å². The maximum absolute atomic E-state index is 4.63. The summed E-state index contributed by atoms with van der Waals surface area (Å²) in [6.45, 7) is 2.75. The molecule has 1 saturated carbocycles. The number of fused-ring (bicyclic) bond motifs is 2. The lowest BCUT2D eigenvalue weighted by Crippen LogP contribution is -2.35. The fourth-order valence-corrected chi connectivity index (χ4v) is 3.10. The van der Waals surface area contributed by atoms with Gasteiger partial charge in [-0.05, 0) is 37.1 Å². The number of hydrogen-bond acceptors (Lipinski definition) is 7. The maximum atomic E-state index is 4.63.